The summed E-state index contributed by atoms with van der Waals surface area (Å²) in [7, 11) is -2.25. The fourth-order valence-corrected chi connectivity index (χ4v) is 3.94. The molecule has 0 aliphatic heterocycles. The summed E-state index contributed by atoms with van der Waals surface area (Å²) in [5.74, 6) is 0.311. The summed E-state index contributed by atoms with van der Waals surface area (Å²) in [6.45, 7) is 1.64. The maximum Gasteiger partial charge on any atom is 0.244 e. The quantitative estimate of drug-likeness (QED) is 0.852. The average molecular weight is 285 g/mol. The largest absolute Gasteiger partial charge is 0.495 e. The van der Waals surface area contributed by atoms with E-state index in [4.69, 9.17) is 4.74 Å². The maximum atomic E-state index is 12.4. The highest BCUT2D eigenvalue weighted by molar-refractivity contribution is 7.89. The molecule has 1 fully saturated rings. The van der Waals surface area contributed by atoms with Crippen LogP contribution in [-0.2, 0) is 10.0 Å². The Kier molecular flexibility index (Phi) is 3.85. The lowest BCUT2D eigenvalue weighted by atomic mass is 9.78. The summed E-state index contributed by atoms with van der Waals surface area (Å²) in [5, 5.41) is 9.37. The minimum atomic E-state index is -3.69. The lowest BCUT2D eigenvalue weighted by Crippen LogP contribution is -2.55. The predicted molar refractivity (Wildman–Crippen MR) is 71.7 cm³/mol. The van der Waals surface area contributed by atoms with Crippen molar-refractivity contribution in [1.82, 2.24) is 4.72 Å². The van der Waals surface area contributed by atoms with Gasteiger partial charge in [-0.25, -0.2) is 13.1 Å². The van der Waals surface area contributed by atoms with Crippen molar-refractivity contribution in [2.75, 3.05) is 13.7 Å². The monoisotopic (exact) mass is 285 g/mol. The average Bonchev–Trinajstić information content (AvgIpc) is 2.34. The highest BCUT2D eigenvalue weighted by Crippen LogP contribution is 2.34. The normalized spacial score (nSPS) is 17.8. The van der Waals surface area contributed by atoms with Gasteiger partial charge in [-0.3, -0.25) is 0 Å². The maximum absolute atomic E-state index is 12.4. The van der Waals surface area contributed by atoms with E-state index in [0.717, 1.165) is 12.0 Å². The molecule has 0 amide bonds. The molecule has 0 saturated heterocycles. The van der Waals surface area contributed by atoms with E-state index in [2.05, 4.69) is 4.72 Å². The molecular formula is C13H19NO4S. The highest BCUT2D eigenvalue weighted by atomic mass is 32.2. The Bertz CT molecular complexity index is 558. The minimum Gasteiger partial charge on any atom is -0.495 e. The van der Waals surface area contributed by atoms with Crippen LogP contribution in [0.1, 0.15) is 24.8 Å². The van der Waals surface area contributed by atoms with E-state index in [1.54, 1.807) is 18.2 Å². The summed E-state index contributed by atoms with van der Waals surface area (Å²) in [6.07, 6.45) is 2.25. The van der Waals surface area contributed by atoms with Crippen molar-refractivity contribution in [1.29, 1.82) is 0 Å². The summed E-state index contributed by atoms with van der Waals surface area (Å²) >= 11 is 0. The molecule has 0 radical (unpaired) electrons. The molecule has 1 aliphatic rings. The SMILES string of the molecule is COc1ccc(C)cc1S(=O)(=O)NC1(CO)CCC1. The Morgan fingerprint density at radius 2 is 2.11 bits per heavy atom. The summed E-state index contributed by atoms with van der Waals surface area (Å²) in [4.78, 5) is 0.120. The van der Waals surface area contributed by atoms with Gasteiger partial charge in [-0.15, -0.1) is 0 Å². The second-order valence-electron chi connectivity index (χ2n) is 5.05. The number of hydrogen-bond donors (Lipinski definition) is 2. The summed E-state index contributed by atoms with van der Waals surface area (Å²) in [6, 6.07) is 5.00. The Morgan fingerprint density at radius 3 is 2.58 bits per heavy atom. The number of aryl methyl sites for hydroxylation is 1. The molecule has 1 saturated carbocycles. The van der Waals surface area contributed by atoms with E-state index < -0.39 is 15.6 Å². The van der Waals surface area contributed by atoms with Gasteiger partial charge in [0, 0.05) is 0 Å². The number of aliphatic hydroxyl groups is 1. The van der Waals surface area contributed by atoms with Crippen molar-refractivity contribution in [3.05, 3.63) is 23.8 Å². The molecule has 0 atom stereocenters. The molecule has 0 unspecified atom stereocenters. The fourth-order valence-electron chi connectivity index (χ4n) is 2.23. The molecule has 106 valence electrons. The van der Waals surface area contributed by atoms with Crippen molar-refractivity contribution < 1.29 is 18.3 Å². The third-order valence-corrected chi connectivity index (χ3v) is 5.17. The zero-order valence-corrected chi connectivity index (χ0v) is 12.0. The number of ether oxygens (including phenoxy) is 1. The van der Waals surface area contributed by atoms with Crippen LogP contribution in [0.4, 0.5) is 0 Å². The number of sulfonamides is 1. The van der Waals surface area contributed by atoms with Crippen LogP contribution in [0.15, 0.2) is 23.1 Å². The fraction of sp³-hybridized carbons (Fsp3) is 0.538. The Morgan fingerprint density at radius 1 is 1.42 bits per heavy atom. The van der Waals surface area contributed by atoms with Gasteiger partial charge < -0.3 is 9.84 Å². The Hall–Kier alpha value is -1.11. The van der Waals surface area contributed by atoms with Gasteiger partial charge in [-0.05, 0) is 43.9 Å². The van der Waals surface area contributed by atoms with E-state index in [-0.39, 0.29) is 11.5 Å². The number of methoxy groups -OCH3 is 1. The standard InChI is InChI=1S/C13H19NO4S/c1-10-4-5-11(18-2)12(8-10)19(16,17)14-13(9-15)6-3-7-13/h4-5,8,14-15H,3,6-7,9H2,1-2H3. The first-order chi connectivity index (χ1) is 8.92. The van der Waals surface area contributed by atoms with Crippen LogP contribution in [0.2, 0.25) is 0 Å². The van der Waals surface area contributed by atoms with Gasteiger partial charge in [0.1, 0.15) is 10.6 Å². The smallest absolute Gasteiger partial charge is 0.244 e. The zero-order valence-electron chi connectivity index (χ0n) is 11.1. The van der Waals surface area contributed by atoms with Crippen LogP contribution >= 0.6 is 0 Å². The van der Waals surface area contributed by atoms with Gasteiger partial charge in [0.25, 0.3) is 0 Å². The van der Waals surface area contributed by atoms with Crippen molar-refractivity contribution in [2.24, 2.45) is 0 Å². The lowest BCUT2D eigenvalue weighted by molar-refractivity contribution is 0.110. The second-order valence-corrected chi connectivity index (χ2v) is 6.70. The molecule has 19 heavy (non-hydrogen) atoms. The van der Waals surface area contributed by atoms with Crippen LogP contribution < -0.4 is 9.46 Å². The van der Waals surface area contributed by atoms with Gasteiger partial charge in [0.05, 0.1) is 19.3 Å². The van der Waals surface area contributed by atoms with Crippen LogP contribution in [-0.4, -0.2) is 32.8 Å². The van der Waals surface area contributed by atoms with Crippen LogP contribution in [0.25, 0.3) is 0 Å². The summed E-state index contributed by atoms with van der Waals surface area (Å²) < 4.78 is 32.6. The van der Waals surface area contributed by atoms with Crippen molar-refractivity contribution in [3.63, 3.8) is 0 Å². The topological polar surface area (TPSA) is 75.6 Å². The molecule has 6 heteroatoms. The Labute approximate surface area is 113 Å². The van der Waals surface area contributed by atoms with Gasteiger partial charge >= 0.3 is 0 Å². The predicted octanol–water partition coefficient (Wildman–Crippen LogP) is 1.20. The molecule has 2 N–H and O–H groups in total. The van der Waals surface area contributed by atoms with E-state index in [1.807, 2.05) is 6.92 Å². The van der Waals surface area contributed by atoms with Crippen LogP contribution in [0, 0.1) is 6.92 Å². The number of nitrogens with one attached hydrogen (secondary N) is 1. The third kappa shape index (κ3) is 2.75. The van der Waals surface area contributed by atoms with Crippen molar-refractivity contribution in [2.45, 2.75) is 36.6 Å². The van der Waals surface area contributed by atoms with Crippen LogP contribution in [0.3, 0.4) is 0 Å². The molecule has 5 nitrogen and oxygen atoms in total. The third-order valence-electron chi connectivity index (χ3n) is 3.57. The first-order valence-corrected chi connectivity index (χ1v) is 7.70. The molecule has 0 bridgehead atoms. The van der Waals surface area contributed by atoms with E-state index in [0.29, 0.717) is 18.6 Å². The van der Waals surface area contributed by atoms with Crippen molar-refractivity contribution >= 4 is 10.0 Å². The van der Waals surface area contributed by atoms with E-state index in [9.17, 15) is 13.5 Å². The molecule has 2 rings (SSSR count). The van der Waals surface area contributed by atoms with E-state index in [1.165, 1.54) is 7.11 Å². The minimum absolute atomic E-state index is 0.120. The van der Waals surface area contributed by atoms with E-state index >= 15 is 0 Å². The van der Waals surface area contributed by atoms with Gasteiger partial charge in [0.15, 0.2) is 0 Å². The second kappa shape index (κ2) is 5.11. The van der Waals surface area contributed by atoms with Gasteiger partial charge in [0.2, 0.25) is 10.0 Å². The number of aliphatic hydroxyl groups excluding tert-OH is 1. The summed E-state index contributed by atoms with van der Waals surface area (Å²) in [5.41, 5.74) is 0.140. The molecule has 0 spiro atoms. The Balaban J connectivity index is 2.36. The first kappa shape index (κ1) is 14.3. The van der Waals surface area contributed by atoms with Crippen molar-refractivity contribution in [3.8, 4) is 5.75 Å². The lowest BCUT2D eigenvalue weighted by Gasteiger charge is -2.40. The highest BCUT2D eigenvalue weighted by Gasteiger charge is 2.40. The van der Waals surface area contributed by atoms with Gasteiger partial charge in [-0.2, -0.15) is 0 Å². The molecule has 1 aromatic rings. The molecular weight excluding hydrogens is 266 g/mol. The number of rotatable bonds is 5. The molecule has 0 aromatic heterocycles. The first-order valence-electron chi connectivity index (χ1n) is 6.22. The zero-order chi connectivity index (χ0) is 14.1. The molecule has 1 aliphatic carbocycles. The number of benzene rings is 1. The van der Waals surface area contributed by atoms with Gasteiger partial charge in [-0.1, -0.05) is 6.07 Å². The number of hydrogen-bond acceptors (Lipinski definition) is 4. The van der Waals surface area contributed by atoms with Crippen LogP contribution in [0.5, 0.6) is 5.75 Å². The molecule has 1 aromatic carbocycles. The molecule has 0 heterocycles.